The quantitative estimate of drug-likeness (QED) is 0.0419. The molecule has 6 aromatic rings. The molecule has 0 aliphatic rings. The molecule has 0 aliphatic heterocycles. The van der Waals surface area contributed by atoms with Gasteiger partial charge in [0.2, 0.25) is 0 Å². The Hall–Kier alpha value is -2.94. The van der Waals surface area contributed by atoms with Crippen LogP contribution in [-0.2, 0) is 9.68 Å². The van der Waals surface area contributed by atoms with Crippen molar-refractivity contribution in [1.29, 1.82) is 0 Å². The minimum absolute atomic E-state index is 0. The Morgan fingerprint density at radius 2 is 0.833 bits per heavy atom. The smallest absolute Gasteiger partial charge is 1.00 e. The van der Waals surface area contributed by atoms with Gasteiger partial charge in [0.05, 0.1) is 0 Å². The van der Waals surface area contributed by atoms with Gasteiger partial charge in [-0.3, -0.25) is 4.79 Å². The van der Waals surface area contributed by atoms with Crippen molar-refractivity contribution in [2.24, 2.45) is 22.0 Å². The fourth-order valence-electron chi connectivity index (χ4n) is 6.65. The Balaban J connectivity index is 0. The van der Waals surface area contributed by atoms with Crippen LogP contribution in [0.2, 0.25) is 0 Å². The van der Waals surface area contributed by atoms with Crippen molar-refractivity contribution in [3.8, 4) is 35.5 Å². The van der Waals surface area contributed by atoms with E-state index in [1.807, 2.05) is 31.2 Å². The first-order valence-electron chi connectivity index (χ1n) is 23.7. The molecule has 0 spiro atoms. The Bertz CT molecular complexity index is 2660. The Morgan fingerprint density at radius 3 is 1.14 bits per heavy atom. The van der Waals surface area contributed by atoms with Crippen molar-refractivity contribution in [3.63, 3.8) is 0 Å². The van der Waals surface area contributed by atoms with E-state index in [2.05, 4.69) is 271 Å². The van der Waals surface area contributed by atoms with Crippen molar-refractivity contribution in [3.05, 3.63) is 179 Å². The molecule has 4 N–H and O–H groups in total. The van der Waals surface area contributed by atoms with Gasteiger partial charge in [-0.05, 0) is 155 Å². The summed E-state index contributed by atoms with van der Waals surface area (Å²) in [5.74, 6) is 18.6. The summed E-state index contributed by atoms with van der Waals surface area (Å²) >= 11 is 3.13. The van der Waals surface area contributed by atoms with E-state index in [9.17, 15) is 0 Å². The Morgan fingerprint density at radius 1 is 0.542 bits per heavy atom. The van der Waals surface area contributed by atoms with Crippen LogP contribution in [-0.4, -0.2) is 19.6 Å². The third-order valence-electron chi connectivity index (χ3n) is 9.91. The summed E-state index contributed by atoms with van der Waals surface area (Å²) < 4.78 is 0. The van der Waals surface area contributed by atoms with Crippen LogP contribution in [0.1, 0.15) is 119 Å². The van der Waals surface area contributed by atoms with Crippen molar-refractivity contribution in [1.82, 2.24) is 10.6 Å². The average Bonchev–Trinajstić information content (AvgIpc) is 3.32. The van der Waals surface area contributed by atoms with Gasteiger partial charge in [0.15, 0.2) is 0 Å². The van der Waals surface area contributed by atoms with E-state index in [4.69, 9.17) is 15.8 Å². The zero-order valence-corrected chi connectivity index (χ0v) is 53.3. The van der Waals surface area contributed by atoms with Crippen molar-refractivity contribution in [2.75, 3.05) is 13.1 Å². The van der Waals surface area contributed by atoms with Crippen molar-refractivity contribution in [2.45, 2.75) is 101 Å². The maximum Gasteiger partial charge on any atom is 1.00 e. The molecular weight excluding hydrogens is 1000 g/mol. The number of nitrogens with one attached hydrogen (secondary N) is 2. The third kappa shape index (κ3) is 29.8. The van der Waals surface area contributed by atoms with Crippen LogP contribution < -0.4 is 124 Å². The summed E-state index contributed by atoms with van der Waals surface area (Å²) in [5, 5.41) is 23.2. The van der Waals surface area contributed by atoms with E-state index in [1.165, 1.54) is 49.0 Å². The molecule has 3 atom stereocenters. The average molecular weight is 1080 g/mol. The number of benzene rings is 6. The molecule has 0 heterocycles. The summed E-state index contributed by atoms with van der Waals surface area (Å²) in [6, 6.07) is 45.3. The second-order valence-corrected chi connectivity index (χ2v) is 20.1. The van der Waals surface area contributed by atoms with Gasteiger partial charge >= 0.3 is 103 Å². The van der Waals surface area contributed by atoms with Gasteiger partial charge in [0.25, 0.3) is 6.47 Å². The van der Waals surface area contributed by atoms with E-state index in [0.29, 0.717) is 12.1 Å². The maximum absolute atomic E-state index is 8.64. The molecule has 0 saturated carbocycles. The molecule has 0 aromatic heterocycles. The number of nitrogens with two attached hydrogens (primary N) is 1. The fourth-order valence-corrected chi connectivity index (χ4v) is 6.79. The summed E-state index contributed by atoms with van der Waals surface area (Å²) in [4.78, 5) is 13.0. The molecule has 0 aliphatic carbocycles. The van der Waals surface area contributed by atoms with Crippen LogP contribution in [0.4, 0.5) is 0 Å². The zero-order valence-electron chi connectivity index (χ0n) is 46.5. The van der Waals surface area contributed by atoms with Gasteiger partial charge < -0.3 is 27.9 Å². The predicted molar refractivity (Wildman–Crippen MR) is 304 cm³/mol. The molecule has 0 radical (unpaired) electrons. The largest absolute Gasteiger partial charge is 1.00 e. The van der Waals surface area contributed by atoms with E-state index in [-0.39, 0.29) is 133 Å². The summed E-state index contributed by atoms with van der Waals surface area (Å²) in [7, 11) is 0. The molecule has 370 valence electrons. The summed E-state index contributed by atoms with van der Waals surface area (Å²) in [5.41, 5.74) is 10.0. The number of carbonyl (C=O) groups excluding carboxylic acids is 1. The van der Waals surface area contributed by atoms with Gasteiger partial charge in [0, 0.05) is 47.5 Å². The second kappa shape index (κ2) is 37.7. The molecule has 0 bridgehead atoms. The molecule has 72 heavy (non-hydrogen) atoms. The maximum atomic E-state index is 8.64. The van der Waals surface area contributed by atoms with Gasteiger partial charge in [-0.1, -0.05) is 191 Å². The molecule has 6 aromatic carbocycles. The molecule has 0 unspecified atom stereocenters. The number of halogens is 1. The first-order valence-corrected chi connectivity index (χ1v) is 24.6. The zero-order chi connectivity index (χ0) is 52.0. The monoisotopic (exact) mass is 1080 g/mol. The van der Waals surface area contributed by atoms with Crippen LogP contribution >= 0.6 is 15.9 Å². The van der Waals surface area contributed by atoms with Crippen LogP contribution in [0.25, 0.3) is 32.3 Å². The van der Waals surface area contributed by atoms with Crippen molar-refractivity contribution >= 4 is 54.7 Å². The molecule has 9 heteroatoms. The molecule has 0 amide bonds. The Kier molecular flexibility index (Phi) is 36.2. The number of rotatable bonds is 10. The molecule has 0 saturated heterocycles. The second-order valence-electron chi connectivity index (χ2n) is 19.6. The SMILES string of the molecule is CC(C)(C)C#CC=CBr.C[C@@H](N)c1cccc2ccccc12.C[C@@H](NC/C=C/C#CC(C)(C)C)c1cccc2ccccc12.C[C@@H](NC/C=C\C#CC(C)(C)C)c1cccc2ccccc12.O=CO[O-].[H-].[K+].[K+]. The molecule has 6 rings (SSSR count). The predicted octanol–water partition coefficient (Wildman–Crippen LogP) is 8.55. The first-order chi connectivity index (χ1) is 33.2. The Labute approximate surface area is 528 Å². The number of allylic oxidation sites excluding steroid dienone is 3. The summed E-state index contributed by atoms with van der Waals surface area (Å²) in [6.45, 7) is 26.9. The third-order valence-corrected chi connectivity index (χ3v) is 10.2. The normalized spacial score (nSPS) is 12.0. The molecule has 6 nitrogen and oxygen atoms in total. The minimum Gasteiger partial charge on any atom is -1.00 e. The molecular formula is C63H76BrK2N3O3. The summed E-state index contributed by atoms with van der Waals surface area (Å²) in [6.07, 6.45) is 9.83. The van der Waals surface area contributed by atoms with Crippen LogP contribution in [0, 0.1) is 51.8 Å². The number of hydrogen-bond donors (Lipinski definition) is 3. The van der Waals surface area contributed by atoms with Crippen molar-refractivity contribution < 1.29 is 119 Å². The fraction of sp³-hybridized carbons (Fsp3) is 0.317. The first kappa shape index (κ1) is 69.1. The number of fused-ring (bicyclic) bond motifs is 3. The van der Waals surface area contributed by atoms with Gasteiger partial charge in [-0.2, -0.15) is 0 Å². The minimum atomic E-state index is -0.181. The topological polar surface area (TPSA) is 99.4 Å². The van der Waals surface area contributed by atoms with Crippen LogP contribution in [0.5, 0.6) is 0 Å². The van der Waals surface area contributed by atoms with Gasteiger partial charge in [-0.15, -0.1) is 0 Å². The number of hydrogen-bond acceptors (Lipinski definition) is 6. The molecule has 0 fully saturated rings. The van der Waals surface area contributed by atoms with Crippen LogP contribution in [0.3, 0.4) is 0 Å². The van der Waals surface area contributed by atoms with E-state index in [0.717, 1.165) is 13.1 Å². The standard InChI is InChI=1S/2C21H25N.C12H13N.C8H11Br.CH2O3.2K.H/c2*1-17(22-16-9-5-8-15-21(2,3)4)19-14-10-12-18-11-6-7-13-20(18)19;1-9(13)11-8-4-6-10-5-2-3-7-12(10)11;1-8(2,3)6-4-5-7-9;2-1-4-3;;;/h2*5-7,9-14,17,22H,16H2,1-4H3;2-9H,13H2,1H3;5,7H,1-3H3;1,3H;;;/q;;;;;2*+1;-1/p-1/b9-5+;9-5-;;;;;;/t2*17-;9-;;;;;/m111...../s1. The van der Waals surface area contributed by atoms with E-state index < -0.39 is 0 Å². The van der Waals surface area contributed by atoms with Gasteiger partial charge in [0.1, 0.15) is 0 Å². The van der Waals surface area contributed by atoms with Crippen LogP contribution in [0.15, 0.2) is 163 Å². The number of carbonyl (C=O) groups is 1. The van der Waals surface area contributed by atoms with E-state index in [1.54, 1.807) is 11.1 Å². The van der Waals surface area contributed by atoms with Gasteiger partial charge in [-0.25, -0.2) is 0 Å². The van der Waals surface area contributed by atoms with E-state index >= 15 is 0 Å².